The second-order valence-corrected chi connectivity index (χ2v) is 6.98. The Hall–Kier alpha value is -1.60. The minimum absolute atomic E-state index is 0.0508. The van der Waals surface area contributed by atoms with Crippen molar-refractivity contribution in [1.82, 2.24) is 4.90 Å². The van der Waals surface area contributed by atoms with Crippen LogP contribution in [0.1, 0.15) is 17.7 Å². The van der Waals surface area contributed by atoms with E-state index in [2.05, 4.69) is 9.89 Å². The molecule has 1 aromatic rings. The van der Waals surface area contributed by atoms with E-state index < -0.39 is 0 Å². The Bertz CT molecular complexity index is 614. The van der Waals surface area contributed by atoms with Crippen molar-refractivity contribution < 1.29 is 9.59 Å². The molecule has 0 spiro atoms. The molecule has 1 fully saturated rings. The predicted octanol–water partition coefficient (Wildman–Crippen LogP) is 1.92. The highest BCUT2D eigenvalue weighted by Gasteiger charge is 2.30. The summed E-state index contributed by atoms with van der Waals surface area (Å²) in [4.78, 5) is 31.0. The molecule has 2 N–H and O–H groups in total. The second-order valence-electron chi connectivity index (χ2n) is 4.99. The molecule has 3 heterocycles. The summed E-state index contributed by atoms with van der Waals surface area (Å²) >= 11 is 3.01. The van der Waals surface area contributed by atoms with Gasteiger partial charge in [-0.15, -0.1) is 11.3 Å². The summed E-state index contributed by atoms with van der Waals surface area (Å²) < 4.78 is 0. The highest BCUT2D eigenvalue weighted by atomic mass is 32.2. The zero-order valence-electron chi connectivity index (χ0n) is 11.3. The monoisotopic (exact) mass is 321 g/mol. The van der Waals surface area contributed by atoms with Gasteiger partial charge in [-0.1, -0.05) is 6.07 Å². The van der Waals surface area contributed by atoms with Crippen LogP contribution in [0.4, 0.5) is 0 Å². The van der Waals surface area contributed by atoms with Crippen molar-refractivity contribution in [3.8, 4) is 0 Å². The van der Waals surface area contributed by atoms with Crippen LogP contribution in [0.2, 0.25) is 0 Å². The predicted molar refractivity (Wildman–Crippen MR) is 85.8 cm³/mol. The molecular weight excluding hydrogens is 306 g/mol. The van der Waals surface area contributed by atoms with Crippen LogP contribution in [-0.2, 0) is 9.59 Å². The number of thioether (sulfide) groups is 1. The number of hydrogen-bond donors (Lipinski definition) is 1. The number of aliphatic imine (C=N–C) groups is 1. The molecule has 0 aliphatic carbocycles. The first-order valence-electron chi connectivity index (χ1n) is 6.74. The van der Waals surface area contributed by atoms with Gasteiger partial charge in [-0.25, -0.2) is 0 Å². The van der Waals surface area contributed by atoms with Gasteiger partial charge in [-0.2, -0.15) is 4.99 Å². The fourth-order valence-electron chi connectivity index (χ4n) is 2.39. The summed E-state index contributed by atoms with van der Waals surface area (Å²) in [6.45, 7) is 1.44. The van der Waals surface area contributed by atoms with Crippen LogP contribution in [0, 0.1) is 5.92 Å². The number of primary amides is 1. The SMILES string of the molecule is NC(=O)C1CCN(C2=NC(=O)C(=Cc3cccs3)S2)CC1. The number of piperidine rings is 1. The number of amidine groups is 1. The molecule has 21 heavy (non-hydrogen) atoms. The quantitative estimate of drug-likeness (QED) is 0.844. The van der Waals surface area contributed by atoms with E-state index in [4.69, 9.17) is 5.73 Å². The van der Waals surface area contributed by atoms with Gasteiger partial charge in [0.05, 0.1) is 4.91 Å². The van der Waals surface area contributed by atoms with Crippen LogP contribution < -0.4 is 5.73 Å². The van der Waals surface area contributed by atoms with Crippen molar-refractivity contribution >= 4 is 46.2 Å². The van der Waals surface area contributed by atoms with Gasteiger partial charge in [0.25, 0.3) is 5.91 Å². The minimum Gasteiger partial charge on any atom is -0.369 e. The first kappa shape index (κ1) is 14.3. The molecule has 3 rings (SSSR count). The lowest BCUT2D eigenvalue weighted by molar-refractivity contribution is -0.123. The van der Waals surface area contributed by atoms with Crippen molar-refractivity contribution in [1.29, 1.82) is 0 Å². The highest BCUT2D eigenvalue weighted by molar-refractivity contribution is 8.18. The summed E-state index contributed by atoms with van der Waals surface area (Å²) in [5, 5.41) is 2.72. The van der Waals surface area contributed by atoms with Gasteiger partial charge in [0.1, 0.15) is 0 Å². The van der Waals surface area contributed by atoms with E-state index in [-0.39, 0.29) is 17.7 Å². The standard InChI is InChI=1S/C14H15N3O2S2/c15-12(18)9-3-5-17(6-4-9)14-16-13(19)11(21-14)8-10-2-1-7-20-10/h1-2,7-9H,3-6H2,(H2,15,18). The number of nitrogens with zero attached hydrogens (tertiary/aromatic N) is 2. The van der Waals surface area contributed by atoms with E-state index in [1.807, 2.05) is 23.6 Å². The molecule has 2 aliphatic rings. The van der Waals surface area contributed by atoms with Gasteiger partial charge in [-0.3, -0.25) is 9.59 Å². The number of rotatable bonds is 2. The van der Waals surface area contributed by atoms with Crippen LogP contribution in [0.25, 0.3) is 6.08 Å². The second kappa shape index (κ2) is 6.03. The van der Waals surface area contributed by atoms with Crippen molar-refractivity contribution in [2.45, 2.75) is 12.8 Å². The first-order valence-corrected chi connectivity index (χ1v) is 8.43. The molecule has 0 saturated carbocycles. The fourth-order valence-corrected chi connectivity index (χ4v) is 4.08. The molecule has 0 atom stereocenters. The average Bonchev–Trinajstić information content (AvgIpc) is 3.10. The van der Waals surface area contributed by atoms with Crippen molar-refractivity contribution in [2.24, 2.45) is 16.6 Å². The van der Waals surface area contributed by atoms with E-state index in [0.29, 0.717) is 4.91 Å². The Morgan fingerprint density at radius 3 is 2.81 bits per heavy atom. The third-order valence-electron chi connectivity index (χ3n) is 3.59. The minimum atomic E-state index is -0.231. The van der Waals surface area contributed by atoms with Gasteiger partial charge in [0.2, 0.25) is 5.91 Å². The lowest BCUT2D eigenvalue weighted by Crippen LogP contribution is -2.40. The lowest BCUT2D eigenvalue weighted by atomic mass is 9.97. The van der Waals surface area contributed by atoms with Crippen molar-refractivity contribution in [3.63, 3.8) is 0 Å². The number of thiophene rings is 1. The Morgan fingerprint density at radius 2 is 2.19 bits per heavy atom. The Kier molecular flexibility index (Phi) is 4.12. The summed E-state index contributed by atoms with van der Waals surface area (Å²) in [5.41, 5.74) is 5.33. The molecular formula is C14H15N3O2S2. The maximum absolute atomic E-state index is 12.0. The van der Waals surface area contributed by atoms with Crippen LogP contribution >= 0.6 is 23.1 Å². The van der Waals surface area contributed by atoms with Gasteiger partial charge in [0.15, 0.2) is 5.17 Å². The number of carbonyl (C=O) groups is 2. The van der Waals surface area contributed by atoms with E-state index in [9.17, 15) is 9.59 Å². The Balaban J connectivity index is 1.65. The topological polar surface area (TPSA) is 75.8 Å². The van der Waals surface area contributed by atoms with Crippen LogP contribution in [0.15, 0.2) is 27.4 Å². The number of likely N-dealkylation sites (tertiary alicyclic amines) is 1. The Labute approximate surface area is 130 Å². The van der Waals surface area contributed by atoms with Gasteiger partial charge in [0, 0.05) is 23.9 Å². The number of amides is 2. The maximum Gasteiger partial charge on any atom is 0.286 e. The molecule has 2 amide bonds. The van der Waals surface area contributed by atoms with E-state index in [1.54, 1.807) is 11.3 Å². The van der Waals surface area contributed by atoms with Crippen LogP contribution in [0.3, 0.4) is 0 Å². The van der Waals surface area contributed by atoms with Crippen LogP contribution in [-0.4, -0.2) is 35.0 Å². The first-order chi connectivity index (χ1) is 10.1. The molecule has 7 heteroatoms. The third-order valence-corrected chi connectivity index (χ3v) is 5.46. The van der Waals surface area contributed by atoms with E-state index >= 15 is 0 Å². The summed E-state index contributed by atoms with van der Waals surface area (Å²) in [6.07, 6.45) is 3.34. The smallest absolute Gasteiger partial charge is 0.286 e. The van der Waals surface area contributed by atoms with Gasteiger partial charge >= 0.3 is 0 Å². The normalized spacial score (nSPS) is 21.9. The van der Waals surface area contributed by atoms with Crippen LogP contribution in [0.5, 0.6) is 0 Å². The molecule has 0 radical (unpaired) electrons. The fraction of sp³-hybridized carbons (Fsp3) is 0.357. The largest absolute Gasteiger partial charge is 0.369 e. The van der Waals surface area contributed by atoms with Crippen molar-refractivity contribution in [3.05, 3.63) is 27.3 Å². The maximum atomic E-state index is 12.0. The number of hydrogen-bond acceptors (Lipinski definition) is 5. The van der Waals surface area contributed by atoms with E-state index in [0.717, 1.165) is 36.0 Å². The lowest BCUT2D eigenvalue weighted by Gasteiger charge is -2.31. The number of carbonyl (C=O) groups excluding carboxylic acids is 2. The molecule has 1 saturated heterocycles. The number of nitrogens with two attached hydrogens (primary N) is 1. The van der Waals surface area contributed by atoms with Crippen molar-refractivity contribution in [2.75, 3.05) is 13.1 Å². The zero-order chi connectivity index (χ0) is 14.8. The third kappa shape index (κ3) is 3.19. The molecule has 0 bridgehead atoms. The molecule has 0 aromatic carbocycles. The molecule has 5 nitrogen and oxygen atoms in total. The van der Waals surface area contributed by atoms with Gasteiger partial charge < -0.3 is 10.6 Å². The molecule has 110 valence electrons. The molecule has 0 unspecified atom stereocenters. The zero-order valence-corrected chi connectivity index (χ0v) is 13.0. The van der Waals surface area contributed by atoms with Gasteiger partial charge in [-0.05, 0) is 42.1 Å². The average molecular weight is 321 g/mol. The summed E-state index contributed by atoms with van der Waals surface area (Å²) in [6, 6.07) is 3.93. The molecule has 1 aromatic heterocycles. The summed E-state index contributed by atoms with van der Waals surface area (Å²) in [7, 11) is 0. The Morgan fingerprint density at radius 1 is 1.43 bits per heavy atom. The molecule has 2 aliphatic heterocycles. The highest BCUT2D eigenvalue weighted by Crippen LogP contribution is 2.32. The van der Waals surface area contributed by atoms with E-state index in [1.165, 1.54) is 11.8 Å². The summed E-state index contributed by atoms with van der Waals surface area (Å²) in [5.74, 6) is -0.462.